The zero-order valence-corrected chi connectivity index (χ0v) is 16.5. The Balaban J connectivity index is 1.58. The first-order chi connectivity index (χ1) is 14.1. The smallest absolute Gasteiger partial charge is 0.322 e. The Morgan fingerprint density at radius 3 is 2.66 bits per heavy atom. The molecule has 0 aliphatic carbocycles. The lowest BCUT2D eigenvalue weighted by Crippen LogP contribution is -2.43. The first-order valence-electron chi connectivity index (χ1n) is 9.32. The van der Waals surface area contributed by atoms with Crippen molar-refractivity contribution in [2.24, 2.45) is 0 Å². The maximum atomic E-state index is 13.0. The Labute approximate surface area is 171 Å². The van der Waals surface area contributed by atoms with E-state index in [-0.39, 0.29) is 12.5 Å². The lowest BCUT2D eigenvalue weighted by Gasteiger charge is -2.26. The lowest BCUT2D eigenvalue weighted by atomic mass is 10.1. The zero-order chi connectivity index (χ0) is 20.2. The number of nitrogens with one attached hydrogen (secondary N) is 3. The number of thiazole rings is 1. The van der Waals surface area contributed by atoms with Crippen LogP contribution in [-0.2, 0) is 4.79 Å². The number of hydrogen-bond acceptors (Lipinski definition) is 7. The first kappa shape index (κ1) is 19.2. The highest BCUT2D eigenvalue weighted by Crippen LogP contribution is 2.31. The molecule has 4 rings (SSSR count). The molecular formula is C20H21N5O3S. The maximum Gasteiger partial charge on any atom is 0.322 e. The Hall–Kier alpha value is -3.17. The third-order valence-corrected chi connectivity index (χ3v) is 5.74. The topological polar surface area (TPSA) is 107 Å². The highest BCUT2D eigenvalue weighted by atomic mass is 32.1. The van der Waals surface area contributed by atoms with E-state index in [4.69, 9.17) is 5.11 Å². The van der Waals surface area contributed by atoms with Crippen molar-refractivity contribution in [1.82, 2.24) is 10.3 Å². The van der Waals surface area contributed by atoms with Crippen LogP contribution in [0.2, 0.25) is 0 Å². The first-order valence-corrected chi connectivity index (χ1v) is 10.1. The molecule has 1 aliphatic rings. The Morgan fingerprint density at radius 1 is 1.14 bits per heavy atom. The van der Waals surface area contributed by atoms with E-state index >= 15 is 0 Å². The minimum atomic E-state index is -1.01. The summed E-state index contributed by atoms with van der Waals surface area (Å²) in [6, 6.07) is 13.6. The Bertz CT molecular complexity index is 1050. The second kappa shape index (κ2) is 8.46. The van der Waals surface area contributed by atoms with E-state index < -0.39 is 5.97 Å². The second-order valence-electron chi connectivity index (χ2n) is 6.67. The number of amides is 1. The number of carbonyl (C=O) groups excluding carboxylic acids is 1. The molecule has 1 aliphatic heterocycles. The van der Waals surface area contributed by atoms with Crippen molar-refractivity contribution >= 4 is 50.6 Å². The average Bonchev–Trinajstić information content (AvgIpc) is 3.17. The highest BCUT2D eigenvalue weighted by molar-refractivity contribution is 7.18. The molecule has 150 valence electrons. The summed E-state index contributed by atoms with van der Waals surface area (Å²) in [7, 11) is 0. The van der Waals surface area contributed by atoms with Gasteiger partial charge in [-0.05, 0) is 22.9 Å². The number of aromatic nitrogens is 1. The normalized spacial score (nSPS) is 14.0. The summed E-state index contributed by atoms with van der Waals surface area (Å²) in [6.45, 7) is 2.96. The minimum absolute atomic E-state index is 0.296. The van der Waals surface area contributed by atoms with E-state index in [0.29, 0.717) is 21.5 Å². The summed E-state index contributed by atoms with van der Waals surface area (Å²) in [5.41, 5.74) is 0.676. The number of piperazine rings is 1. The molecule has 2 heterocycles. The van der Waals surface area contributed by atoms with Crippen LogP contribution in [-0.4, -0.2) is 54.7 Å². The molecule has 0 spiro atoms. The van der Waals surface area contributed by atoms with E-state index in [0.717, 1.165) is 37.0 Å². The van der Waals surface area contributed by atoms with Crippen molar-refractivity contribution in [3.8, 4) is 0 Å². The summed E-state index contributed by atoms with van der Waals surface area (Å²) in [5, 5.41) is 20.8. The van der Waals surface area contributed by atoms with Gasteiger partial charge in [-0.3, -0.25) is 9.59 Å². The van der Waals surface area contributed by atoms with Crippen molar-refractivity contribution in [1.29, 1.82) is 0 Å². The standard InChI is InChI=1S/C20H21N5O3S/c26-16(27)12-22-18-17(29-20(24-18)25-9-7-21-8-10-25)19(28)23-15-6-5-13-3-1-2-4-14(13)11-15/h1-6,11,21-22H,7-10,12H2,(H,23,28)(H,26,27). The molecule has 1 fully saturated rings. The van der Waals surface area contributed by atoms with Gasteiger partial charge < -0.3 is 26.0 Å². The van der Waals surface area contributed by atoms with Gasteiger partial charge in [0.05, 0.1) is 0 Å². The van der Waals surface area contributed by atoms with Gasteiger partial charge in [-0.1, -0.05) is 41.7 Å². The van der Waals surface area contributed by atoms with Crippen LogP contribution in [0, 0.1) is 0 Å². The van der Waals surface area contributed by atoms with Crippen molar-refractivity contribution < 1.29 is 14.7 Å². The van der Waals surface area contributed by atoms with E-state index in [9.17, 15) is 9.59 Å². The fourth-order valence-electron chi connectivity index (χ4n) is 3.19. The number of nitrogens with zero attached hydrogens (tertiary/aromatic N) is 2. The van der Waals surface area contributed by atoms with Crippen LogP contribution in [0.15, 0.2) is 42.5 Å². The van der Waals surface area contributed by atoms with Crippen LogP contribution in [0.1, 0.15) is 9.67 Å². The van der Waals surface area contributed by atoms with Crippen LogP contribution in [0.4, 0.5) is 16.6 Å². The number of rotatable bonds is 6. The number of fused-ring (bicyclic) bond motifs is 1. The SMILES string of the molecule is O=C(O)CNc1nc(N2CCNCC2)sc1C(=O)Nc1ccc2ccccc2c1. The second-order valence-corrected chi connectivity index (χ2v) is 7.65. The zero-order valence-electron chi connectivity index (χ0n) is 15.6. The summed E-state index contributed by atoms with van der Waals surface area (Å²) in [4.78, 5) is 30.9. The summed E-state index contributed by atoms with van der Waals surface area (Å²) in [5.74, 6) is -1.03. The summed E-state index contributed by atoms with van der Waals surface area (Å²) < 4.78 is 0. The molecule has 0 atom stereocenters. The molecule has 2 aromatic carbocycles. The molecule has 1 amide bonds. The molecule has 4 N–H and O–H groups in total. The van der Waals surface area contributed by atoms with Gasteiger partial charge in [0.2, 0.25) is 0 Å². The maximum absolute atomic E-state index is 13.0. The molecule has 1 saturated heterocycles. The summed E-state index contributed by atoms with van der Waals surface area (Å²) in [6.07, 6.45) is 0. The van der Waals surface area contributed by atoms with E-state index in [1.165, 1.54) is 11.3 Å². The molecule has 9 heteroatoms. The molecule has 1 aromatic heterocycles. The van der Waals surface area contributed by atoms with E-state index in [1.54, 1.807) is 0 Å². The van der Waals surface area contributed by atoms with Gasteiger partial charge in [0.1, 0.15) is 11.4 Å². The predicted octanol–water partition coefficient (Wildman–Crippen LogP) is 2.45. The Kier molecular flexibility index (Phi) is 5.59. The Morgan fingerprint density at radius 2 is 1.90 bits per heavy atom. The molecule has 3 aromatic rings. The number of benzene rings is 2. The van der Waals surface area contributed by atoms with Gasteiger partial charge >= 0.3 is 5.97 Å². The molecule has 0 saturated carbocycles. The van der Waals surface area contributed by atoms with Gasteiger partial charge in [0, 0.05) is 31.9 Å². The largest absolute Gasteiger partial charge is 0.480 e. The van der Waals surface area contributed by atoms with E-state index in [2.05, 4.69) is 25.8 Å². The molecular weight excluding hydrogens is 390 g/mol. The third kappa shape index (κ3) is 4.47. The summed E-state index contributed by atoms with van der Waals surface area (Å²) >= 11 is 1.27. The monoisotopic (exact) mass is 411 g/mol. The van der Waals surface area contributed by atoms with Gasteiger partial charge in [-0.15, -0.1) is 0 Å². The quantitative estimate of drug-likeness (QED) is 0.494. The average molecular weight is 411 g/mol. The fourth-order valence-corrected chi connectivity index (χ4v) is 4.18. The minimum Gasteiger partial charge on any atom is -0.480 e. The van der Waals surface area contributed by atoms with Crippen LogP contribution >= 0.6 is 11.3 Å². The van der Waals surface area contributed by atoms with Gasteiger partial charge in [0.25, 0.3) is 5.91 Å². The number of anilines is 3. The molecule has 0 unspecified atom stereocenters. The number of hydrogen-bond donors (Lipinski definition) is 4. The van der Waals surface area contributed by atoms with Crippen LogP contribution in [0.5, 0.6) is 0 Å². The van der Waals surface area contributed by atoms with Gasteiger partial charge in [0.15, 0.2) is 10.9 Å². The number of carboxylic acids is 1. The third-order valence-electron chi connectivity index (χ3n) is 4.62. The molecule has 0 radical (unpaired) electrons. The van der Waals surface area contributed by atoms with Crippen LogP contribution < -0.4 is 20.9 Å². The highest BCUT2D eigenvalue weighted by Gasteiger charge is 2.23. The molecule has 0 bridgehead atoms. The number of carbonyl (C=O) groups is 2. The van der Waals surface area contributed by atoms with Crippen molar-refractivity contribution in [2.75, 3.05) is 48.3 Å². The predicted molar refractivity (Wildman–Crippen MR) is 115 cm³/mol. The van der Waals surface area contributed by atoms with Crippen molar-refractivity contribution in [2.45, 2.75) is 0 Å². The van der Waals surface area contributed by atoms with Crippen LogP contribution in [0.3, 0.4) is 0 Å². The molecule has 29 heavy (non-hydrogen) atoms. The lowest BCUT2D eigenvalue weighted by molar-refractivity contribution is -0.134. The van der Waals surface area contributed by atoms with Crippen molar-refractivity contribution in [3.63, 3.8) is 0 Å². The van der Waals surface area contributed by atoms with Crippen LogP contribution in [0.25, 0.3) is 10.8 Å². The van der Waals surface area contributed by atoms with E-state index in [1.807, 2.05) is 42.5 Å². The van der Waals surface area contributed by atoms with Crippen molar-refractivity contribution in [3.05, 3.63) is 47.3 Å². The number of aliphatic carboxylic acids is 1. The van der Waals surface area contributed by atoms with Gasteiger partial charge in [-0.2, -0.15) is 0 Å². The number of carboxylic acid groups (broad SMARTS) is 1. The molecule has 8 nitrogen and oxygen atoms in total. The van der Waals surface area contributed by atoms with Gasteiger partial charge in [-0.25, -0.2) is 4.98 Å². The fraction of sp³-hybridized carbons (Fsp3) is 0.250.